The zero-order valence-electron chi connectivity index (χ0n) is 8.33. The van der Waals surface area contributed by atoms with E-state index in [-0.39, 0.29) is 23.3 Å². The van der Waals surface area contributed by atoms with E-state index in [4.69, 9.17) is 5.73 Å². The number of anilines is 2. The summed E-state index contributed by atoms with van der Waals surface area (Å²) in [5.74, 6) is -0.229. The fourth-order valence-electron chi connectivity index (χ4n) is 1.82. The van der Waals surface area contributed by atoms with Crippen LogP contribution in [-0.4, -0.2) is 15.9 Å². The van der Waals surface area contributed by atoms with Gasteiger partial charge in [0, 0.05) is 0 Å². The second-order valence-corrected chi connectivity index (χ2v) is 3.54. The Labute approximate surface area is 85.9 Å². The van der Waals surface area contributed by atoms with E-state index in [9.17, 15) is 9.59 Å². The molecular formula is C9H12N4O2. The number of aromatic amines is 1. The number of carbonyl (C=O) groups is 1. The van der Waals surface area contributed by atoms with Gasteiger partial charge < -0.3 is 11.1 Å². The monoisotopic (exact) mass is 208 g/mol. The molecule has 1 atom stereocenters. The van der Waals surface area contributed by atoms with Gasteiger partial charge in [-0.05, 0) is 6.42 Å². The van der Waals surface area contributed by atoms with Crippen molar-refractivity contribution in [2.45, 2.75) is 25.7 Å². The largest absolute Gasteiger partial charge is 0.369 e. The molecule has 0 saturated heterocycles. The molecule has 2 heterocycles. The number of fused-ring (bicyclic) bond motifs is 1. The number of H-pyrrole nitrogens is 1. The molecule has 0 saturated carbocycles. The van der Waals surface area contributed by atoms with Crippen LogP contribution in [0.1, 0.15) is 31.2 Å². The first kappa shape index (κ1) is 9.70. The van der Waals surface area contributed by atoms with Gasteiger partial charge in [-0.3, -0.25) is 14.6 Å². The van der Waals surface area contributed by atoms with Crippen LogP contribution in [0.5, 0.6) is 0 Å². The highest BCUT2D eigenvalue weighted by molar-refractivity contribution is 6.01. The Morgan fingerprint density at radius 3 is 2.87 bits per heavy atom. The van der Waals surface area contributed by atoms with Gasteiger partial charge in [0.25, 0.3) is 5.56 Å². The number of hydrogen-bond acceptors (Lipinski definition) is 4. The number of nitrogen functional groups attached to an aromatic ring is 1. The molecule has 0 bridgehead atoms. The Hall–Kier alpha value is -1.85. The highest BCUT2D eigenvalue weighted by atomic mass is 16.2. The lowest BCUT2D eigenvalue weighted by Crippen LogP contribution is -2.18. The van der Waals surface area contributed by atoms with Crippen LogP contribution in [0.15, 0.2) is 4.79 Å². The first-order valence-corrected chi connectivity index (χ1v) is 4.84. The van der Waals surface area contributed by atoms with Crippen LogP contribution in [0, 0.1) is 0 Å². The average Bonchev–Trinajstić information content (AvgIpc) is 2.43. The fraction of sp³-hybridized carbons (Fsp3) is 0.444. The Morgan fingerprint density at radius 2 is 2.20 bits per heavy atom. The van der Waals surface area contributed by atoms with Crippen molar-refractivity contribution >= 4 is 17.7 Å². The maximum Gasteiger partial charge on any atom is 0.258 e. The molecule has 1 unspecified atom stereocenters. The maximum absolute atomic E-state index is 11.6. The predicted octanol–water partition coefficient (Wildman–Crippen LogP) is 0.188. The number of aromatic nitrogens is 2. The molecule has 6 nitrogen and oxygen atoms in total. The standard InChI is InChI=1S/C9H12N4O2/c1-2-3-4-5-6(11-7(4)14)12-9(10)13-8(5)15/h4H,2-3H2,1H3,(H4,10,11,12,13,14,15). The van der Waals surface area contributed by atoms with E-state index >= 15 is 0 Å². The molecule has 0 aromatic carbocycles. The summed E-state index contributed by atoms with van der Waals surface area (Å²) in [5.41, 5.74) is 5.47. The molecule has 0 fully saturated rings. The quantitative estimate of drug-likeness (QED) is 0.645. The smallest absolute Gasteiger partial charge is 0.258 e. The predicted molar refractivity (Wildman–Crippen MR) is 55.5 cm³/mol. The van der Waals surface area contributed by atoms with Gasteiger partial charge in [0.15, 0.2) is 0 Å². The van der Waals surface area contributed by atoms with Crippen molar-refractivity contribution in [3.63, 3.8) is 0 Å². The summed E-state index contributed by atoms with van der Waals surface area (Å²) in [4.78, 5) is 29.4. The molecule has 80 valence electrons. The van der Waals surface area contributed by atoms with Gasteiger partial charge >= 0.3 is 0 Å². The van der Waals surface area contributed by atoms with Crippen molar-refractivity contribution < 1.29 is 4.79 Å². The number of hydrogen-bond donors (Lipinski definition) is 3. The van der Waals surface area contributed by atoms with Crippen molar-refractivity contribution in [2.75, 3.05) is 11.1 Å². The second kappa shape index (κ2) is 3.38. The van der Waals surface area contributed by atoms with E-state index in [1.807, 2.05) is 6.92 Å². The summed E-state index contributed by atoms with van der Waals surface area (Å²) in [5, 5.41) is 2.56. The second-order valence-electron chi connectivity index (χ2n) is 3.54. The number of carbonyl (C=O) groups excluding carboxylic acids is 1. The van der Waals surface area contributed by atoms with E-state index in [1.165, 1.54) is 0 Å². The Balaban J connectivity index is 2.53. The van der Waals surface area contributed by atoms with Gasteiger partial charge in [0.05, 0.1) is 11.5 Å². The lowest BCUT2D eigenvalue weighted by molar-refractivity contribution is -0.117. The lowest BCUT2D eigenvalue weighted by Gasteiger charge is -2.04. The Bertz CT molecular complexity index is 466. The molecule has 1 aliphatic rings. The average molecular weight is 208 g/mol. The zero-order chi connectivity index (χ0) is 11.0. The van der Waals surface area contributed by atoms with Crippen LogP contribution in [0.2, 0.25) is 0 Å². The maximum atomic E-state index is 11.6. The van der Waals surface area contributed by atoms with Crippen LogP contribution in [0.4, 0.5) is 11.8 Å². The lowest BCUT2D eigenvalue weighted by atomic mass is 9.98. The molecule has 4 N–H and O–H groups in total. The molecule has 2 rings (SSSR count). The molecule has 0 spiro atoms. The molecular weight excluding hydrogens is 196 g/mol. The van der Waals surface area contributed by atoms with Gasteiger partial charge in [-0.25, -0.2) is 0 Å². The molecule has 1 aromatic heterocycles. The number of nitrogens with two attached hydrogens (primary N) is 1. The minimum Gasteiger partial charge on any atom is -0.369 e. The van der Waals surface area contributed by atoms with Crippen molar-refractivity contribution in [3.05, 3.63) is 15.9 Å². The van der Waals surface area contributed by atoms with Crippen LogP contribution < -0.4 is 16.6 Å². The van der Waals surface area contributed by atoms with E-state index in [0.29, 0.717) is 17.8 Å². The minimum absolute atomic E-state index is 0.0243. The molecule has 0 aliphatic carbocycles. The fourth-order valence-corrected chi connectivity index (χ4v) is 1.82. The topological polar surface area (TPSA) is 101 Å². The van der Waals surface area contributed by atoms with Crippen LogP contribution in [0.3, 0.4) is 0 Å². The van der Waals surface area contributed by atoms with Crippen LogP contribution >= 0.6 is 0 Å². The third-order valence-corrected chi connectivity index (χ3v) is 2.46. The van der Waals surface area contributed by atoms with Gasteiger partial charge in [-0.1, -0.05) is 13.3 Å². The summed E-state index contributed by atoms with van der Waals surface area (Å²) in [7, 11) is 0. The van der Waals surface area contributed by atoms with Gasteiger partial charge in [0.1, 0.15) is 5.82 Å². The third-order valence-electron chi connectivity index (χ3n) is 2.46. The number of nitrogens with zero attached hydrogens (tertiary/aromatic N) is 1. The first-order chi connectivity index (χ1) is 7.13. The van der Waals surface area contributed by atoms with Crippen LogP contribution in [0.25, 0.3) is 0 Å². The highest BCUT2D eigenvalue weighted by Crippen LogP contribution is 2.31. The summed E-state index contributed by atoms with van der Waals surface area (Å²) < 4.78 is 0. The van der Waals surface area contributed by atoms with Gasteiger partial charge in [-0.15, -0.1) is 0 Å². The van der Waals surface area contributed by atoms with Crippen molar-refractivity contribution in [2.24, 2.45) is 0 Å². The molecule has 6 heteroatoms. The SMILES string of the molecule is CCCC1C(=O)Nc2nc(N)[nH]c(=O)c21. The van der Waals surface area contributed by atoms with E-state index < -0.39 is 0 Å². The zero-order valence-corrected chi connectivity index (χ0v) is 8.33. The molecule has 15 heavy (non-hydrogen) atoms. The van der Waals surface area contributed by atoms with E-state index in [1.54, 1.807) is 0 Å². The summed E-state index contributed by atoms with van der Waals surface area (Å²) in [6.07, 6.45) is 1.48. The molecule has 1 aromatic rings. The third kappa shape index (κ3) is 1.47. The molecule has 0 radical (unpaired) electrons. The van der Waals surface area contributed by atoms with E-state index in [0.717, 1.165) is 6.42 Å². The van der Waals surface area contributed by atoms with Crippen molar-refractivity contribution in [3.8, 4) is 0 Å². The number of rotatable bonds is 2. The normalized spacial score (nSPS) is 18.7. The van der Waals surface area contributed by atoms with Crippen molar-refractivity contribution in [1.29, 1.82) is 0 Å². The number of nitrogens with one attached hydrogen (secondary N) is 2. The Morgan fingerprint density at radius 1 is 1.47 bits per heavy atom. The van der Waals surface area contributed by atoms with E-state index in [2.05, 4.69) is 15.3 Å². The first-order valence-electron chi connectivity index (χ1n) is 4.84. The number of amides is 1. The summed E-state index contributed by atoms with van der Waals surface area (Å²) in [6.45, 7) is 1.96. The van der Waals surface area contributed by atoms with Crippen molar-refractivity contribution in [1.82, 2.24) is 9.97 Å². The Kier molecular flexibility index (Phi) is 2.18. The molecule has 1 aliphatic heterocycles. The summed E-state index contributed by atoms with van der Waals surface area (Å²) in [6, 6.07) is 0. The van der Waals surface area contributed by atoms with Gasteiger partial charge in [-0.2, -0.15) is 4.98 Å². The van der Waals surface area contributed by atoms with Gasteiger partial charge in [0.2, 0.25) is 11.9 Å². The molecule has 1 amide bonds. The van der Waals surface area contributed by atoms with Crippen LogP contribution in [-0.2, 0) is 4.79 Å². The minimum atomic E-state index is -0.387. The highest BCUT2D eigenvalue weighted by Gasteiger charge is 2.33. The summed E-state index contributed by atoms with van der Waals surface area (Å²) >= 11 is 0.